The zero-order chi connectivity index (χ0) is 27.9. The molecule has 0 radical (unpaired) electrons. The molecule has 0 bridgehead atoms. The van der Waals surface area contributed by atoms with Crippen molar-refractivity contribution in [2.45, 2.75) is 97.8 Å². The number of aromatic nitrogens is 4. The van der Waals surface area contributed by atoms with E-state index in [4.69, 9.17) is 0 Å². The topological polar surface area (TPSA) is 110 Å². The number of piperidine rings is 1. The van der Waals surface area contributed by atoms with Gasteiger partial charge >= 0.3 is 0 Å². The SMILES string of the molecule is CCCCC[C@@H](C)NC(=O)[C@@H]1C[C@@]2(C)C[C@H]2N1C(=O)Cn1nc(C(C)=O)c2cc(-c3cnc(C)nc3)ccc21. The highest BCUT2D eigenvalue weighted by molar-refractivity contribution is 6.06. The van der Waals surface area contributed by atoms with Crippen molar-refractivity contribution in [2.24, 2.45) is 5.41 Å². The number of aryl methyl sites for hydroxylation is 1. The van der Waals surface area contributed by atoms with E-state index in [1.54, 1.807) is 22.0 Å². The molecule has 2 amide bonds. The predicted octanol–water partition coefficient (Wildman–Crippen LogP) is 4.47. The van der Waals surface area contributed by atoms with Crippen LogP contribution in [0.1, 0.15) is 82.5 Å². The van der Waals surface area contributed by atoms with Crippen LogP contribution >= 0.6 is 0 Å². The number of hydrogen-bond acceptors (Lipinski definition) is 6. The van der Waals surface area contributed by atoms with E-state index < -0.39 is 6.04 Å². The number of likely N-dealkylation sites (tertiary alicyclic amines) is 1. The number of unbranched alkanes of at least 4 members (excludes halogenated alkanes) is 2. The van der Waals surface area contributed by atoms with Gasteiger partial charge < -0.3 is 10.2 Å². The van der Waals surface area contributed by atoms with Gasteiger partial charge in [0.2, 0.25) is 11.8 Å². The molecule has 1 aromatic carbocycles. The van der Waals surface area contributed by atoms with Gasteiger partial charge in [0.05, 0.1) is 5.52 Å². The lowest BCUT2D eigenvalue weighted by molar-refractivity contribution is -0.140. The molecule has 2 aliphatic rings. The monoisotopic (exact) mass is 530 g/mol. The molecule has 1 aliphatic heterocycles. The summed E-state index contributed by atoms with van der Waals surface area (Å²) in [6.45, 7) is 9.64. The van der Waals surface area contributed by atoms with Crippen LogP contribution in [0, 0.1) is 12.3 Å². The first kappa shape index (κ1) is 27.0. The van der Waals surface area contributed by atoms with Crippen LogP contribution in [0.4, 0.5) is 0 Å². The zero-order valence-electron chi connectivity index (χ0n) is 23.5. The number of fused-ring (bicyclic) bond motifs is 2. The fraction of sp³-hybridized carbons (Fsp3) is 0.533. The van der Waals surface area contributed by atoms with E-state index in [9.17, 15) is 14.4 Å². The highest BCUT2D eigenvalue weighted by Gasteiger charge is 2.64. The number of carbonyl (C=O) groups is 3. The quantitative estimate of drug-likeness (QED) is 0.306. The molecule has 1 N–H and O–H groups in total. The van der Waals surface area contributed by atoms with E-state index in [1.807, 2.05) is 32.0 Å². The van der Waals surface area contributed by atoms with Crippen LogP contribution in [0.2, 0.25) is 0 Å². The van der Waals surface area contributed by atoms with Crippen molar-refractivity contribution in [1.29, 1.82) is 0 Å². The first-order valence-electron chi connectivity index (χ1n) is 14.0. The van der Waals surface area contributed by atoms with E-state index in [0.717, 1.165) is 43.2 Å². The van der Waals surface area contributed by atoms with E-state index in [1.165, 1.54) is 6.92 Å². The van der Waals surface area contributed by atoms with Crippen molar-refractivity contribution in [1.82, 2.24) is 30.0 Å². The molecule has 1 saturated heterocycles. The average Bonchev–Trinajstić information content (AvgIpc) is 3.26. The second-order valence-corrected chi connectivity index (χ2v) is 11.6. The fourth-order valence-corrected chi connectivity index (χ4v) is 5.96. The first-order chi connectivity index (χ1) is 18.6. The minimum atomic E-state index is -0.475. The lowest BCUT2D eigenvalue weighted by Crippen LogP contribution is -2.50. The molecule has 0 spiro atoms. The van der Waals surface area contributed by atoms with Crippen LogP contribution in [0.5, 0.6) is 0 Å². The van der Waals surface area contributed by atoms with Gasteiger partial charge in [-0.15, -0.1) is 0 Å². The molecular formula is C30H38N6O3. The van der Waals surface area contributed by atoms with Crippen molar-refractivity contribution in [3.8, 4) is 11.1 Å². The van der Waals surface area contributed by atoms with Crippen molar-refractivity contribution >= 4 is 28.5 Å². The number of ketones is 1. The van der Waals surface area contributed by atoms with Crippen molar-refractivity contribution in [3.63, 3.8) is 0 Å². The minimum Gasteiger partial charge on any atom is -0.352 e. The molecule has 206 valence electrons. The molecule has 0 unspecified atom stereocenters. The summed E-state index contributed by atoms with van der Waals surface area (Å²) in [4.78, 5) is 49.8. The van der Waals surface area contributed by atoms with Gasteiger partial charge in [-0.2, -0.15) is 5.10 Å². The number of carbonyl (C=O) groups excluding carboxylic acids is 3. The molecule has 9 heteroatoms. The summed E-state index contributed by atoms with van der Waals surface area (Å²) in [6, 6.07) is 5.37. The average molecular weight is 531 g/mol. The van der Waals surface area contributed by atoms with Gasteiger partial charge in [0.15, 0.2) is 5.78 Å². The number of amides is 2. The van der Waals surface area contributed by atoms with Gasteiger partial charge in [-0.1, -0.05) is 39.2 Å². The summed E-state index contributed by atoms with van der Waals surface area (Å²) in [7, 11) is 0. The van der Waals surface area contributed by atoms with Crippen LogP contribution in [0.25, 0.3) is 22.0 Å². The van der Waals surface area contributed by atoms with Gasteiger partial charge in [-0.05, 0) is 56.2 Å². The van der Waals surface area contributed by atoms with E-state index in [0.29, 0.717) is 28.8 Å². The normalized spacial score (nSPS) is 22.5. The van der Waals surface area contributed by atoms with Gasteiger partial charge in [0, 0.05) is 42.4 Å². The summed E-state index contributed by atoms with van der Waals surface area (Å²) in [5.41, 5.74) is 2.72. The Labute approximate surface area is 229 Å². The molecule has 2 fully saturated rings. The third-order valence-electron chi connectivity index (χ3n) is 8.34. The Balaban J connectivity index is 1.38. The van der Waals surface area contributed by atoms with Crippen LogP contribution in [0.15, 0.2) is 30.6 Å². The molecule has 9 nitrogen and oxygen atoms in total. The maximum absolute atomic E-state index is 13.7. The molecule has 5 rings (SSSR count). The molecule has 3 aromatic rings. The second-order valence-electron chi connectivity index (χ2n) is 11.6. The highest BCUT2D eigenvalue weighted by atomic mass is 16.2. The van der Waals surface area contributed by atoms with Crippen LogP contribution < -0.4 is 5.32 Å². The van der Waals surface area contributed by atoms with E-state index in [-0.39, 0.29) is 41.6 Å². The highest BCUT2D eigenvalue weighted by Crippen LogP contribution is 2.59. The van der Waals surface area contributed by atoms with Crippen LogP contribution in [-0.2, 0) is 16.1 Å². The second kappa shape index (κ2) is 10.5. The van der Waals surface area contributed by atoms with Gasteiger partial charge in [0.1, 0.15) is 24.1 Å². The Morgan fingerprint density at radius 2 is 1.87 bits per heavy atom. The van der Waals surface area contributed by atoms with Crippen molar-refractivity contribution in [2.75, 3.05) is 0 Å². The molecule has 1 saturated carbocycles. The number of hydrogen-bond donors (Lipinski definition) is 1. The Kier molecular flexibility index (Phi) is 7.27. The predicted molar refractivity (Wildman–Crippen MR) is 149 cm³/mol. The molecular weight excluding hydrogens is 492 g/mol. The number of nitrogens with one attached hydrogen (secondary N) is 1. The standard InChI is InChI=1S/C30H38N6O3/c1-6-7-8-9-18(2)33-29(39)25-13-30(5)14-26(30)36(25)27(38)17-35-24-11-10-21(22-15-31-20(4)32-16-22)12-23(24)28(34-35)19(3)37/h10-12,15-16,18,25-26H,6-9,13-14,17H2,1-5H3,(H,33,39)/t18-,25+,26-,30+/m1/s1. The van der Waals surface area contributed by atoms with E-state index in [2.05, 4.69) is 34.2 Å². The Hall–Kier alpha value is -3.62. The molecule has 1 aliphatic carbocycles. The summed E-state index contributed by atoms with van der Waals surface area (Å²) >= 11 is 0. The fourth-order valence-electron chi connectivity index (χ4n) is 5.96. The molecule has 39 heavy (non-hydrogen) atoms. The summed E-state index contributed by atoms with van der Waals surface area (Å²) in [5, 5.41) is 8.39. The Bertz CT molecular complexity index is 1410. The largest absolute Gasteiger partial charge is 0.352 e. The maximum atomic E-state index is 13.7. The van der Waals surface area contributed by atoms with Gasteiger partial charge in [-0.3, -0.25) is 19.1 Å². The maximum Gasteiger partial charge on any atom is 0.245 e. The summed E-state index contributed by atoms with van der Waals surface area (Å²) in [5.74, 6) is 0.298. The van der Waals surface area contributed by atoms with Crippen molar-refractivity contribution in [3.05, 3.63) is 42.1 Å². The molecule has 3 heterocycles. The number of Topliss-reactive ketones (excluding diaryl/α,β-unsaturated/α-hetero) is 1. The van der Waals surface area contributed by atoms with Crippen molar-refractivity contribution < 1.29 is 14.4 Å². The minimum absolute atomic E-state index is 0.00907. The molecule has 2 aromatic heterocycles. The van der Waals surface area contributed by atoms with Crippen LogP contribution in [0.3, 0.4) is 0 Å². The van der Waals surface area contributed by atoms with Gasteiger partial charge in [-0.25, -0.2) is 9.97 Å². The number of benzene rings is 1. The first-order valence-corrected chi connectivity index (χ1v) is 14.0. The lowest BCUT2D eigenvalue weighted by Gasteiger charge is -2.28. The lowest BCUT2D eigenvalue weighted by atomic mass is 10.0. The van der Waals surface area contributed by atoms with Crippen LogP contribution in [-0.4, -0.2) is 60.4 Å². The summed E-state index contributed by atoms with van der Waals surface area (Å²) < 4.78 is 1.60. The van der Waals surface area contributed by atoms with Gasteiger partial charge in [0.25, 0.3) is 0 Å². The van der Waals surface area contributed by atoms with E-state index >= 15 is 0 Å². The third-order valence-corrected chi connectivity index (χ3v) is 8.34. The third kappa shape index (κ3) is 5.31. The smallest absolute Gasteiger partial charge is 0.245 e. The Morgan fingerprint density at radius 3 is 2.56 bits per heavy atom. The Morgan fingerprint density at radius 1 is 1.13 bits per heavy atom. The number of nitrogens with zero attached hydrogens (tertiary/aromatic N) is 5. The molecule has 4 atom stereocenters. The zero-order valence-corrected chi connectivity index (χ0v) is 23.5. The summed E-state index contributed by atoms with van der Waals surface area (Å²) in [6.07, 6.45) is 9.39. The number of rotatable bonds is 10.